The summed E-state index contributed by atoms with van der Waals surface area (Å²) in [5, 5.41) is 3.57. The number of ether oxygens (including phenoxy) is 2. The van der Waals surface area contributed by atoms with Crippen molar-refractivity contribution in [1.29, 1.82) is 0 Å². The number of likely N-dealkylation sites (N-methyl/N-ethyl adjacent to an activating group) is 2. The Morgan fingerprint density at radius 1 is 1.40 bits per heavy atom. The topological polar surface area (TPSA) is 33.7 Å². The molecular weight excluding hydrogens is 252 g/mol. The van der Waals surface area contributed by atoms with Crippen LogP contribution in [0.15, 0.2) is 24.3 Å². The molecule has 2 rings (SSSR count). The lowest BCUT2D eigenvalue weighted by molar-refractivity contribution is 0.153. The fourth-order valence-electron chi connectivity index (χ4n) is 2.68. The Hall–Kier alpha value is -1.10. The summed E-state index contributed by atoms with van der Waals surface area (Å²) < 4.78 is 10.7. The number of benzene rings is 1. The molecule has 1 fully saturated rings. The molecule has 0 radical (unpaired) electrons. The van der Waals surface area contributed by atoms with Gasteiger partial charge in [-0.05, 0) is 37.7 Å². The van der Waals surface area contributed by atoms with Crippen molar-refractivity contribution in [3.05, 3.63) is 29.8 Å². The van der Waals surface area contributed by atoms with Crippen LogP contribution in [0.4, 0.5) is 0 Å². The average Bonchev–Trinajstić information content (AvgIpc) is 3.01. The van der Waals surface area contributed by atoms with Crippen molar-refractivity contribution in [1.82, 2.24) is 10.2 Å². The van der Waals surface area contributed by atoms with E-state index in [0.717, 1.165) is 38.5 Å². The molecule has 1 aromatic carbocycles. The molecule has 1 aromatic rings. The van der Waals surface area contributed by atoms with Gasteiger partial charge in [-0.1, -0.05) is 19.1 Å². The van der Waals surface area contributed by atoms with Crippen molar-refractivity contribution < 1.29 is 9.47 Å². The van der Waals surface area contributed by atoms with E-state index < -0.39 is 0 Å². The smallest absolute Gasteiger partial charge is 0.118 e. The number of hydrogen-bond acceptors (Lipinski definition) is 4. The maximum atomic E-state index is 5.48. The fraction of sp³-hybridized carbons (Fsp3) is 0.625. The van der Waals surface area contributed by atoms with E-state index in [4.69, 9.17) is 9.47 Å². The van der Waals surface area contributed by atoms with Crippen molar-refractivity contribution in [2.45, 2.75) is 25.4 Å². The Labute approximate surface area is 122 Å². The highest BCUT2D eigenvalue weighted by Gasteiger charge is 2.23. The SMILES string of the molecule is CCNC(CN(C)C1CCOC1)c1ccc(OC)cc1. The first-order valence-corrected chi connectivity index (χ1v) is 7.40. The van der Waals surface area contributed by atoms with E-state index in [1.54, 1.807) is 7.11 Å². The molecule has 4 heteroatoms. The monoisotopic (exact) mass is 278 g/mol. The van der Waals surface area contributed by atoms with Crippen LogP contribution in [0.3, 0.4) is 0 Å². The van der Waals surface area contributed by atoms with E-state index in [1.165, 1.54) is 5.56 Å². The first kappa shape index (κ1) is 15.3. The third kappa shape index (κ3) is 3.95. The third-order valence-electron chi connectivity index (χ3n) is 3.97. The van der Waals surface area contributed by atoms with Crippen LogP contribution in [0.1, 0.15) is 24.9 Å². The van der Waals surface area contributed by atoms with E-state index >= 15 is 0 Å². The van der Waals surface area contributed by atoms with Crippen LogP contribution in [0.5, 0.6) is 5.75 Å². The van der Waals surface area contributed by atoms with E-state index in [0.29, 0.717) is 12.1 Å². The van der Waals surface area contributed by atoms with Crippen molar-refractivity contribution in [3.63, 3.8) is 0 Å². The molecule has 0 aliphatic carbocycles. The van der Waals surface area contributed by atoms with Crippen molar-refractivity contribution in [3.8, 4) is 5.75 Å². The van der Waals surface area contributed by atoms with Gasteiger partial charge in [0.05, 0.1) is 13.7 Å². The van der Waals surface area contributed by atoms with Gasteiger partial charge in [-0.2, -0.15) is 0 Å². The highest BCUT2D eigenvalue weighted by molar-refractivity contribution is 5.29. The van der Waals surface area contributed by atoms with Gasteiger partial charge in [0.25, 0.3) is 0 Å². The first-order valence-electron chi connectivity index (χ1n) is 7.40. The molecule has 20 heavy (non-hydrogen) atoms. The molecule has 0 saturated carbocycles. The molecule has 1 aliphatic heterocycles. The molecule has 4 nitrogen and oxygen atoms in total. The fourth-order valence-corrected chi connectivity index (χ4v) is 2.68. The Morgan fingerprint density at radius 2 is 2.15 bits per heavy atom. The van der Waals surface area contributed by atoms with Crippen LogP contribution in [0.25, 0.3) is 0 Å². The number of methoxy groups -OCH3 is 1. The summed E-state index contributed by atoms with van der Waals surface area (Å²) in [6.07, 6.45) is 1.14. The Morgan fingerprint density at radius 3 is 2.70 bits per heavy atom. The molecule has 0 spiro atoms. The van der Waals surface area contributed by atoms with E-state index in [-0.39, 0.29) is 0 Å². The van der Waals surface area contributed by atoms with Gasteiger partial charge < -0.3 is 14.8 Å². The Balaban J connectivity index is 2.00. The average molecular weight is 278 g/mol. The van der Waals surface area contributed by atoms with Gasteiger partial charge in [-0.25, -0.2) is 0 Å². The summed E-state index contributed by atoms with van der Waals surface area (Å²) in [4.78, 5) is 2.41. The zero-order chi connectivity index (χ0) is 14.4. The Kier molecular flexibility index (Phi) is 5.83. The molecule has 0 aromatic heterocycles. The molecule has 1 N–H and O–H groups in total. The van der Waals surface area contributed by atoms with Crippen LogP contribution < -0.4 is 10.1 Å². The molecular formula is C16H26N2O2. The molecule has 1 saturated heterocycles. The maximum Gasteiger partial charge on any atom is 0.118 e. The normalized spacial score (nSPS) is 20.3. The van der Waals surface area contributed by atoms with Crippen LogP contribution in [0.2, 0.25) is 0 Å². The quantitative estimate of drug-likeness (QED) is 0.828. The summed E-state index contributed by atoms with van der Waals surface area (Å²) >= 11 is 0. The van der Waals surface area contributed by atoms with E-state index in [1.807, 2.05) is 12.1 Å². The van der Waals surface area contributed by atoms with E-state index in [2.05, 4.69) is 36.3 Å². The lowest BCUT2D eigenvalue weighted by Crippen LogP contribution is -2.39. The van der Waals surface area contributed by atoms with Crippen LogP contribution in [0, 0.1) is 0 Å². The molecule has 112 valence electrons. The zero-order valence-corrected chi connectivity index (χ0v) is 12.8. The number of rotatable bonds is 7. The van der Waals surface area contributed by atoms with Gasteiger partial charge in [0.15, 0.2) is 0 Å². The highest BCUT2D eigenvalue weighted by Crippen LogP contribution is 2.20. The third-order valence-corrected chi connectivity index (χ3v) is 3.97. The van der Waals surface area contributed by atoms with Gasteiger partial charge in [0, 0.05) is 25.2 Å². The summed E-state index contributed by atoms with van der Waals surface area (Å²) in [6, 6.07) is 9.23. The molecule has 2 atom stereocenters. The van der Waals surface area contributed by atoms with Gasteiger partial charge in [0.1, 0.15) is 5.75 Å². The minimum atomic E-state index is 0.344. The minimum Gasteiger partial charge on any atom is -0.497 e. The molecule has 0 bridgehead atoms. The van der Waals surface area contributed by atoms with Crippen LogP contribution >= 0.6 is 0 Å². The largest absolute Gasteiger partial charge is 0.497 e. The molecule has 0 amide bonds. The second-order valence-corrected chi connectivity index (χ2v) is 5.34. The van der Waals surface area contributed by atoms with Crippen LogP contribution in [-0.4, -0.2) is 51.4 Å². The van der Waals surface area contributed by atoms with Gasteiger partial charge in [-0.15, -0.1) is 0 Å². The predicted octanol–water partition coefficient (Wildman–Crippen LogP) is 2.07. The van der Waals surface area contributed by atoms with Crippen molar-refractivity contribution >= 4 is 0 Å². The maximum absolute atomic E-state index is 5.48. The summed E-state index contributed by atoms with van der Waals surface area (Å²) in [7, 11) is 3.89. The summed E-state index contributed by atoms with van der Waals surface area (Å²) in [5.74, 6) is 0.904. The second kappa shape index (κ2) is 7.62. The summed E-state index contributed by atoms with van der Waals surface area (Å²) in [6.45, 7) is 5.86. The van der Waals surface area contributed by atoms with Crippen molar-refractivity contribution in [2.75, 3.05) is 40.5 Å². The zero-order valence-electron chi connectivity index (χ0n) is 12.8. The highest BCUT2D eigenvalue weighted by atomic mass is 16.5. The van der Waals surface area contributed by atoms with Gasteiger partial charge in [0.2, 0.25) is 0 Å². The van der Waals surface area contributed by atoms with E-state index in [9.17, 15) is 0 Å². The molecule has 2 unspecified atom stereocenters. The second-order valence-electron chi connectivity index (χ2n) is 5.34. The van der Waals surface area contributed by atoms with Gasteiger partial charge >= 0.3 is 0 Å². The summed E-state index contributed by atoms with van der Waals surface area (Å²) in [5.41, 5.74) is 1.30. The molecule has 1 heterocycles. The lowest BCUT2D eigenvalue weighted by atomic mass is 10.1. The predicted molar refractivity (Wildman–Crippen MR) is 81.3 cm³/mol. The number of nitrogens with one attached hydrogen (secondary N) is 1. The first-order chi connectivity index (χ1) is 9.74. The van der Waals surface area contributed by atoms with Gasteiger partial charge in [-0.3, -0.25) is 4.90 Å². The standard InChI is InChI=1S/C16H26N2O2/c1-4-17-16(11-18(2)14-9-10-20-12-14)13-5-7-15(19-3)8-6-13/h5-8,14,16-17H,4,9-12H2,1-3H3. The van der Waals surface area contributed by atoms with Crippen LogP contribution in [-0.2, 0) is 4.74 Å². The van der Waals surface area contributed by atoms with Crippen molar-refractivity contribution in [2.24, 2.45) is 0 Å². The number of nitrogens with zero attached hydrogens (tertiary/aromatic N) is 1. The minimum absolute atomic E-state index is 0.344. The molecule has 1 aliphatic rings. The number of hydrogen-bond donors (Lipinski definition) is 1. The lowest BCUT2D eigenvalue weighted by Gasteiger charge is -2.28. The Bertz CT molecular complexity index is 388.